The molecule has 5 rings (SSSR count). The molecule has 1 N–H and O–H groups in total. The number of para-hydroxylation sites is 1. The first-order valence-corrected chi connectivity index (χ1v) is 10.4. The highest BCUT2D eigenvalue weighted by Crippen LogP contribution is 2.36. The minimum Gasteiger partial charge on any atom is -0.485 e. The second-order valence-corrected chi connectivity index (χ2v) is 8.30. The van der Waals surface area contributed by atoms with Gasteiger partial charge < -0.3 is 19.5 Å². The van der Waals surface area contributed by atoms with E-state index in [0.717, 1.165) is 22.2 Å². The normalized spacial score (nSPS) is 18.0. The molecule has 2 aliphatic heterocycles. The first kappa shape index (κ1) is 18.7. The minimum atomic E-state index is -0.486. The van der Waals surface area contributed by atoms with E-state index in [1.54, 1.807) is 6.92 Å². The van der Waals surface area contributed by atoms with Crippen molar-refractivity contribution in [3.05, 3.63) is 65.9 Å². The molecule has 1 aromatic heterocycles. The van der Waals surface area contributed by atoms with Crippen LogP contribution in [0.15, 0.2) is 54.7 Å². The highest BCUT2D eigenvalue weighted by Gasteiger charge is 2.42. The van der Waals surface area contributed by atoms with Crippen molar-refractivity contribution in [3.63, 3.8) is 0 Å². The van der Waals surface area contributed by atoms with Gasteiger partial charge in [0.2, 0.25) is 5.91 Å². The Morgan fingerprint density at radius 2 is 1.80 bits per heavy atom. The van der Waals surface area contributed by atoms with Crippen molar-refractivity contribution < 1.29 is 14.3 Å². The number of likely N-dealkylation sites (tertiary alicyclic amines) is 1. The van der Waals surface area contributed by atoms with E-state index in [0.29, 0.717) is 44.6 Å². The van der Waals surface area contributed by atoms with Gasteiger partial charge in [-0.3, -0.25) is 9.59 Å². The van der Waals surface area contributed by atoms with Crippen molar-refractivity contribution >= 4 is 22.7 Å². The number of aromatic amines is 1. The second-order valence-electron chi connectivity index (χ2n) is 8.30. The summed E-state index contributed by atoms with van der Waals surface area (Å²) in [4.78, 5) is 32.4. The van der Waals surface area contributed by atoms with Gasteiger partial charge in [-0.1, -0.05) is 24.3 Å². The van der Waals surface area contributed by atoms with Gasteiger partial charge in [0.1, 0.15) is 11.4 Å². The minimum absolute atomic E-state index is 0.00822. The molecule has 0 saturated carbocycles. The van der Waals surface area contributed by atoms with Crippen LogP contribution in [0.25, 0.3) is 10.9 Å². The van der Waals surface area contributed by atoms with E-state index in [2.05, 4.69) is 4.98 Å². The summed E-state index contributed by atoms with van der Waals surface area (Å²) >= 11 is 0. The van der Waals surface area contributed by atoms with Crippen LogP contribution >= 0.6 is 0 Å². The van der Waals surface area contributed by atoms with Crippen molar-refractivity contribution in [3.8, 4) is 5.75 Å². The molecule has 0 atom stereocenters. The van der Waals surface area contributed by atoms with E-state index in [-0.39, 0.29) is 11.8 Å². The molecule has 0 bridgehead atoms. The number of nitrogens with one attached hydrogen (secondary N) is 1. The number of amides is 2. The van der Waals surface area contributed by atoms with Crippen LogP contribution in [0, 0.1) is 0 Å². The van der Waals surface area contributed by atoms with Crippen molar-refractivity contribution in [2.24, 2.45) is 0 Å². The number of H-pyrrole nitrogens is 1. The third kappa shape index (κ3) is 3.22. The predicted octanol–water partition coefficient (Wildman–Crippen LogP) is 3.58. The zero-order chi connectivity index (χ0) is 20.7. The standard InChI is InChI=1S/C24H25N3O3/c1-17(28)26-13-10-24(11-14-26)16-27(15-18-5-2-3-8-22(18)30-24)23(29)20-6-4-7-21-19(20)9-12-25-21/h2-9,12,25H,10-11,13-16H2,1H3. The van der Waals surface area contributed by atoms with Gasteiger partial charge in [-0.25, -0.2) is 0 Å². The Morgan fingerprint density at radius 3 is 2.60 bits per heavy atom. The molecular formula is C24H25N3O3. The predicted molar refractivity (Wildman–Crippen MR) is 114 cm³/mol. The second kappa shape index (κ2) is 7.20. The van der Waals surface area contributed by atoms with E-state index < -0.39 is 5.60 Å². The Hall–Kier alpha value is -3.28. The van der Waals surface area contributed by atoms with Gasteiger partial charge in [0.15, 0.2) is 0 Å². The number of hydrogen-bond acceptors (Lipinski definition) is 3. The molecule has 0 radical (unpaired) electrons. The number of aromatic nitrogens is 1. The lowest BCUT2D eigenvalue weighted by Crippen LogP contribution is -2.54. The van der Waals surface area contributed by atoms with E-state index >= 15 is 0 Å². The summed E-state index contributed by atoms with van der Waals surface area (Å²) in [7, 11) is 0. The van der Waals surface area contributed by atoms with Gasteiger partial charge in [0.05, 0.1) is 6.54 Å². The van der Waals surface area contributed by atoms with Crippen LogP contribution < -0.4 is 4.74 Å². The van der Waals surface area contributed by atoms with Gasteiger partial charge >= 0.3 is 0 Å². The van der Waals surface area contributed by atoms with E-state index in [9.17, 15) is 9.59 Å². The molecule has 154 valence electrons. The molecule has 6 nitrogen and oxygen atoms in total. The molecule has 2 amide bonds. The maximum Gasteiger partial charge on any atom is 0.254 e. The molecule has 1 saturated heterocycles. The molecule has 0 unspecified atom stereocenters. The zero-order valence-corrected chi connectivity index (χ0v) is 17.1. The number of benzene rings is 2. The number of piperidine rings is 1. The van der Waals surface area contributed by atoms with Crippen molar-refractivity contribution in [2.75, 3.05) is 19.6 Å². The van der Waals surface area contributed by atoms with Crippen LogP contribution in [0.4, 0.5) is 0 Å². The number of fused-ring (bicyclic) bond motifs is 2. The molecule has 3 heterocycles. The number of hydrogen-bond donors (Lipinski definition) is 1. The summed E-state index contributed by atoms with van der Waals surface area (Å²) in [5, 5.41) is 0.932. The Morgan fingerprint density at radius 1 is 1.00 bits per heavy atom. The molecule has 2 aromatic carbocycles. The Labute approximate surface area is 175 Å². The summed E-state index contributed by atoms with van der Waals surface area (Å²) in [6.07, 6.45) is 3.28. The summed E-state index contributed by atoms with van der Waals surface area (Å²) in [6, 6.07) is 15.7. The van der Waals surface area contributed by atoms with Crippen LogP contribution in [0.3, 0.4) is 0 Å². The van der Waals surface area contributed by atoms with Gasteiger partial charge in [0.25, 0.3) is 5.91 Å². The fourth-order valence-corrected chi connectivity index (χ4v) is 4.68. The van der Waals surface area contributed by atoms with Gasteiger partial charge in [0, 0.05) is 67.6 Å². The summed E-state index contributed by atoms with van der Waals surface area (Å²) in [5.74, 6) is 0.934. The van der Waals surface area contributed by atoms with Crippen molar-refractivity contribution in [1.29, 1.82) is 0 Å². The summed E-state index contributed by atoms with van der Waals surface area (Å²) in [6.45, 7) is 3.91. The SMILES string of the molecule is CC(=O)N1CCC2(CC1)CN(C(=O)c1cccc3[nH]ccc13)Cc1ccccc1O2. The number of ether oxygens (including phenoxy) is 1. The molecule has 1 fully saturated rings. The molecule has 30 heavy (non-hydrogen) atoms. The monoisotopic (exact) mass is 403 g/mol. The quantitative estimate of drug-likeness (QED) is 0.675. The third-order valence-corrected chi connectivity index (χ3v) is 6.37. The number of rotatable bonds is 1. The molecule has 0 aliphatic carbocycles. The molecule has 3 aromatic rings. The highest BCUT2D eigenvalue weighted by atomic mass is 16.5. The largest absolute Gasteiger partial charge is 0.485 e. The van der Waals surface area contributed by atoms with Gasteiger partial charge in [-0.05, 0) is 24.3 Å². The lowest BCUT2D eigenvalue weighted by molar-refractivity contribution is -0.132. The fourth-order valence-electron chi connectivity index (χ4n) is 4.68. The van der Waals surface area contributed by atoms with Crippen LogP contribution in [-0.4, -0.2) is 51.8 Å². The van der Waals surface area contributed by atoms with Crippen LogP contribution in [0.1, 0.15) is 35.7 Å². The van der Waals surface area contributed by atoms with Crippen molar-refractivity contribution in [2.45, 2.75) is 31.9 Å². The average molecular weight is 403 g/mol. The third-order valence-electron chi connectivity index (χ3n) is 6.37. The average Bonchev–Trinajstić information content (AvgIpc) is 3.17. The van der Waals surface area contributed by atoms with Gasteiger partial charge in [-0.15, -0.1) is 0 Å². The summed E-state index contributed by atoms with van der Waals surface area (Å²) < 4.78 is 6.56. The number of carbonyl (C=O) groups is 2. The van der Waals surface area contributed by atoms with E-state index in [1.807, 2.05) is 64.5 Å². The van der Waals surface area contributed by atoms with E-state index in [4.69, 9.17) is 4.74 Å². The molecule has 6 heteroatoms. The molecule has 2 aliphatic rings. The maximum absolute atomic E-state index is 13.7. The Bertz CT molecular complexity index is 1110. The lowest BCUT2D eigenvalue weighted by atomic mass is 9.90. The fraction of sp³-hybridized carbons (Fsp3) is 0.333. The van der Waals surface area contributed by atoms with Crippen LogP contribution in [0.2, 0.25) is 0 Å². The van der Waals surface area contributed by atoms with Crippen LogP contribution in [-0.2, 0) is 11.3 Å². The van der Waals surface area contributed by atoms with Gasteiger partial charge in [-0.2, -0.15) is 0 Å². The number of carbonyl (C=O) groups excluding carboxylic acids is 2. The van der Waals surface area contributed by atoms with E-state index in [1.165, 1.54) is 0 Å². The topological polar surface area (TPSA) is 65.6 Å². The lowest BCUT2D eigenvalue weighted by Gasteiger charge is -2.42. The first-order chi connectivity index (χ1) is 14.5. The van der Waals surface area contributed by atoms with Crippen molar-refractivity contribution in [1.82, 2.24) is 14.8 Å². The maximum atomic E-state index is 13.7. The molecular weight excluding hydrogens is 378 g/mol. The Kier molecular flexibility index (Phi) is 4.50. The van der Waals surface area contributed by atoms with Crippen LogP contribution in [0.5, 0.6) is 5.75 Å². The zero-order valence-electron chi connectivity index (χ0n) is 17.1. The molecule has 1 spiro atoms. The first-order valence-electron chi connectivity index (χ1n) is 10.4. The number of nitrogens with zero attached hydrogens (tertiary/aromatic N) is 2. The summed E-state index contributed by atoms with van der Waals surface area (Å²) in [5.41, 5.74) is 2.18. The highest BCUT2D eigenvalue weighted by molar-refractivity contribution is 6.06. The smallest absolute Gasteiger partial charge is 0.254 e. The Balaban J connectivity index is 1.51.